The molecule has 2 aromatic rings. The first-order valence-electron chi connectivity index (χ1n) is 6.47. The van der Waals surface area contributed by atoms with Gasteiger partial charge in [0, 0.05) is 12.4 Å². The lowest BCUT2D eigenvalue weighted by Crippen LogP contribution is -2.11. The van der Waals surface area contributed by atoms with Crippen LogP contribution in [-0.4, -0.2) is 24.7 Å². The Morgan fingerprint density at radius 1 is 1.20 bits per heavy atom. The van der Waals surface area contributed by atoms with Crippen LogP contribution in [0.3, 0.4) is 0 Å². The Kier molecular flexibility index (Phi) is 4.63. The first kappa shape index (κ1) is 14.4. The van der Waals surface area contributed by atoms with Gasteiger partial charge in [0.05, 0.1) is 5.71 Å². The Morgan fingerprint density at radius 3 is 2.55 bits per heavy atom. The van der Waals surface area contributed by atoms with Gasteiger partial charge in [0.25, 0.3) is 9.04 Å². The topological polar surface area (TPSA) is 47.4 Å². The van der Waals surface area contributed by atoms with Crippen LogP contribution in [0.4, 0.5) is 5.69 Å². The number of aliphatic imine (C=N–C) groups is 1. The maximum atomic E-state index is 5.92. The van der Waals surface area contributed by atoms with Crippen LogP contribution in [0.2, 0.25) is 13.1 Å². The van der Waals surface area contributed by atoms with E-state index in [-0.39, 0.29) is 0 Å². The lowest BCUT2D eigenvalue weighted by molar-refractivity contribution is 0.581. The smallest absolute Gasteiger partial charge is 0.274 e. The molecule has 0 saturated carbocycles. The largest absolute Gasteiger partial charge is 0.541 e. The van der Waals surface area contributed by atoms with Crippen molar-refractivity contribution in [2.24, 2.45) is 4.99 Å². The maximum Gasteiger partial charge on any atom is 0.274 e. The summed E-state index contributed by atoms with van der Waals surface area (Å²) in [6.45, 7) is 8.16. The number of hydrogen-bond donors (Lipinski definition) is 0. The highest BCUT2D eigenvalue weighted by molar-refractivity contribution is 6.49. The molecule has 0 fully saturated rings. The van der Waals surface area contributed by atoms with Crippen LogP contribution in [-0.2, 0) is 0 Å². The number of aryl methyl sites for hydroxylation is 1. The van der Waals surface area contributed by atoms with Crippen molar-refractivity contribution in [1.82, 2.24) is 9.97 Å². The van der Waals surface area contributed by atoms with Crippen LogP contribution in [0.1, 0.15) is 18.3 Å². The molecule has 0 saturated heterocycles. The first-order chi connectivity index (χ1) is 9.56. The summed E-state index contributed by atoms with van der Waals surface area (Å²) in [6.07, 6.45) is 3.43. The standard InChI is InChI=1S/C15H18N3OSi/c1-11-6-7-13(14(10-11)19-20(3)4)18-12(2)15-16-8-5-9-17-15/h5-10H,1-4H3. The Labute approximate surface area is 121 Å². The van der Waals surface area contributed by atoms with Crippen molar-refractivity contribution >= 4 is 20.4 Å². The second kappa shape index (κ2) is 6.43. The molecule has 1 heterocycles. The summed E-state index contributed by atoms with van der Waals surface area (Å²) < 4.78 is 5.92. The van der Waals surface area contributed by atoms with Gasteiger partial charge in [-0.3, -0.25) is 0 Å². The third-order valence-electron chi connectivity index (χ3n) is 2.61. The molecule has 0 amide bonds. The molecule has 5 heteroatoms. The van der Waals surface area contributed by atoms with Gasteiger partial charge < -0.3 is 4.43 Å². The summed E-state index contributed by atoms with van der Waals surface area (Å²) >= 11 is 0. The predicted molar refractivity (Wildman–Crippen MR) is 83.2 cm³/mol. The van der Waals surface area contributed by atoms with Gasteiger partial charge in [-0.1, -0.05) is 6.07 Å². The van der Waals surface area contributed by atoms with Gasteiger partial charge >= 0.3 is 0 Å². The molecule has 0 aliphatic rings. The van der Waals surface area contributed by atoms with Crippen molar-refractivity contribution in [2.75, 3.05) is 0 Å². The highest BCUT2D eigenvalue weighted by Gasteiger charge is 2.08. The average Bonchev–Trinajstić information content (AvgIpc) is 2.42. The van der Waals surface area contributed by atoms with E-state index in [1.54, 1.807) is 18.5 Å². The molecule has 1 aromatic heterocycles. The van der Waals surface area contributed by atoms with Crippen molar-refractivity contribution in [2.45, 2.75) is 26.9 Å². The molecule has 1 aromatic carbocycles. The van der Waals surface area contributed by atoms with Crippen LogP contribution >= 0.6 is 0 Å². The molecule has 0 N–H and O–H groups in total. The SMILES string of the molecule is CC(=Nc1ccc(C)cc1O[Si](C)C)c1ncccn1. The van der Waals surface area contributed by atoms with E-state index in [0.717, 1.165) is 22.7 Å². The van der Waals surface area contributed by atoms with E-state index < -0.39 is 9.04 Å². The number of aromatic nitrogens is 2. The predicted octanol–water partition coefficient (Wildman–Crippen LogP) is 3.56. The molecule has 2 rings (SSSR count). The highest BCUT2D eigenvalue weighted by atomic mass is 28.3. The fourth-order valence-electron chi connectivity index (χ4n) is 1.73. The van der Waals surface area contributed by atoms with E-state index in [2.05, 4.69) is 28.1 Å². The van der Waals surface area contributed by atoms with Crippen LogP contribution in [0, 0.1) is 6.92 Å². The fourth-order valence-corrected chi connectivity index (χ4v) is 2.34. The molecule has 0 spiro atoms. The van der Waals surface area contributed by atoms with Crippen molar-refractivity contribution in [1.29, 1.82) is 0 Å². The van der Waals surface area contributed by atoms with Crippen molar-refractivity contribution in [3.05, 3.63) is 48.0 Å². The van der Waals surface area contributed by atoms with E-state index in [1.807, 2.05) is 32.0 Å². The normalized spacial score (nSPS) is 11.8. The summed E-state index contributed by atoms with van der Waals surface area (Å²) in [5.74, 6) is 1.47. The third kappa shape index (κ3) is 3.74. The van der Waals surface area contributed by atoms with E-state index in [0.29, 0.717) is 5.82 Å². The minimum absolute atomic E-state index is 0.637. The van der Waals surface area contributed by atoms with E-state index in [4.69, 9.17) is 4.43 Å². The Morgan fingerprint density at radius 2 is 1.90 bits per heavy atom. The van der Waals surface area contributed by atoms with Gasteiger partial charge in [0.15, 0.2) is 5.82 Å². The van der Waals surface area contributed by atoms with Gasteiger partial charge in [-0.15, -0.1) is 0 Å². The van der Waals surface area contributed by atoms with E-state index in [9.17, 15) is 0 Å². The van der Waals surface area contributed by atoms with E-state index >= 15 is 0 Å². The number of rotatable bonds is 4. The zero-order valence-corrected chi connectivity index (χ0v) is 13.2. The molecule has 20 heavy (non-hydrogen) atoms. The van der Waals surface area contributed by atoms with Crippen molar-refractivity contribution in [3.8, 4) is 5.75 Å². The molecule has 0 aliphatic carbocycles. The molecule has 4 nitrogen and oxygen atoms in total. The molecule has 103 valence electrons. The summed E-state index contributed by atoms with van der Waals surface area (Å²) in [7, 11) is -0.825. The van der Waals surface area contributed by atoms with Gasteiger partial charge in [-0.2, -0.15) is 0 Å². The lowest BCUT2D eigenvalue weighted by atomic mass is 10.2. The maximum absolute atomic E-state index is 5.92. The van der Waals surface area contributed by atoms with Gasteiger partial charge in [-0.05, 0) is 50.7 Å². The fraction of sp³-hybridized carbons (Fsp3) is 0.267. The Bertz CT molecular complexity index is 612. The molecular formula is C15H18N3OSi. The molecule has 0 bridgehead atoms. The Balaban J connectivity index is 2.37. The first-order valence-corrected chi connectivity index (χ1v) is 8.88. The third-order valence-corrected chi connectivity index (χ3v) is 3.24. The minimum atomic E-state index is -0.825. The van der Waals surface area contributed by atoms with Crippen molar-refractivity contribution in [3.63, 3.8) is 0 Å². The average molecular weight is 284 g/mol. The second-order valence-electron chi connectivity index (χ2n) is 4.75. The Hall–Kier alpha value is -2.01. The monoisotopic (exact) mass is 284 g/mol. The summed E-state index contributed by atoms with van der Waals surface area (Å²) in [5.41, 5.74) is 2.77. The van der Waals surface area contributed by atoms with E-state index in [1.165, 1.54) is 0 Å². The summed E-state index contributed by atoms with van der Waals surface area (Å²) in [5, 5.41) is 0. The zero-order valence-electron chi connectivity index (χ0n) is 12.2. The van der Waals surface area contributed by atoms with Crippen LogP contribution < -0.4 is 4.43 Å². The van der Waals surface area contributed by atoms with Gasteiger partial charge in [-0.25, -0.2) is 15.0 Å². The zero-order chi connectivity index (χ0) is 14.5. The minimum Gasteiger partial charge on any atom is -0.541 e. The quantitative estimate of drug-likeness (QED) is 0.637. The van der Waals surface area contributed by atoms with Gasteiger partial charge in [0.1, 0.15) is 11.4 Å². The molecule has 0 unspecified atom stereocenters. The number of benzene rings is 1. The molecule has 0 atom stereocenters. The van der Waals surface area contributed by atoms with Crippen LogP contribution in [0.25, 0.3) is 0 Å². The van der Waals surface area contributed by atoms with Crippen LogP contribution in [0.5, 0.6) is 5.75 Å². The van der Waals surface area contributed by atoms with Crippen LogP contribution in [0.15, 0.2) is 41.7 Å². The summed E-state index contributed by atoms with van der Waals surface area (Å²) in [4.78, 5) is 13.0. The van der Waals surface area contributed by atoms with Gasteiger partial charge in [0.2, 0.25) is 0 Å². The number of nitrogens with zero attached hydrogens (tertiary/aromatic N) is 3. The highest BCUT2D eigenvalue weighted by Crippen LogP contribution is 2.29. The number of hydrogen-bond acceptors (Lipinski definition) is 4. The second-order valence-corrected chi connectivity index (χ2v) is 6.77. The molecule has 1 radical (unpaired) electrons. The van der Waals surface area contributed by atoms with Crippen molar-refractivity contribution < 1.29 is 4.43 Å². The molecular weight excluding hydrogens is 266 g/mol. The lowest BCUT2D eigenvalue weighted by Gasteiger charge is -2.12. The summed E-state index contributed by atoms with van der Waals surface area (Å²) in [6, 6.07) is 7.82. The molecule has 0 aliphatic heterocycles.